The first kappa shape index (κ1) is 10.5. The summed E-state index contributed by atoms with van der Waals surface area (Å²) in [6.07, 6.45) is 1.65. The number of nitrogens with zero attached hydrogens (tertiary/aromatic N) is 1. The number of benzene rings is 1. The van der Waals surface area contributed by atoms with Gasteiger partial charge in [0, 0.05) is 6.54 Å². The number of aromatic nitrogens is 1. The molecule has 1 heterocycles. The summed E-state index contributed by atoms with van der Waals surface area (Å²) in [5.41, 5.74) is 8.76. The molecule has 3 heteroatoms. The highest BCUT2D eigenvalue weighted by molar-refractivity contribution is 5.44. The second-order valence-electron chi connectivity index (χ2n) is 3.82. The standard InChI is InChI=1S/C13H15N3/c1-10-3-2-4-11(7-10)8-15-13-6-5-12(14)9-16-13/h2-7,9H,8,14H2,1H3,(H,15,16). The van der Waals surface area contributed by atoms with Gasteiger partial charge in [0.15, 0.2) is 0 Å². The fourth-order valence-corrected chi connectivity index (χ4v) is 1.52. The van der Waals surface area contributed by atoms with Crippen LogP contribution in [0.25, 0.3) is 0 Å². The van der Waals surface area contributed by atoms with Crippen molar-refractivity contribution in [2.24, 2.45) is 0 Å². The molecular weight excluding hydrogens is 198 g/mol. The van der Waals surface area contributed by atoms with Crippen molar-refractivity contribution >= 4 is 11.5 Å². The van der Waals surface area contributed by atoms with Crippen LogP contribution in [0.1, 0.15) is 11.1 Å². The Morgan fingerprint density at radius 2 is 2.12 bits per heavy atom. The Balaban J connectivity index is 1.99. The van der Waals surface area contributed by atoms with Gasteiger partial charge in [-0.25, -0.2) is 4.98 Å². The summed E-state index contributed by atoms with van der Waals surface area (Å²) in [5, 5.41) is 3.25. The van der Waals surface area contributed by atoms with Crippen molar-refractivity contribution in [3.05, 3.63) is 53.7 Å². The summed E-state index contributed by atoms with van der Waals surface area (Å²) >= 11 is 0. The molecule has 82 valence electrons. The zero-order valence-corrected chi connectivity index (χ0v) is 9.27. The molecule has 0 saturated heterocycles. The minimum absolute atomic E-state index is 0.682. The molecule has 0 saturated carbocycles. The normalized spacial score (nSPS) is 10.1. The Hall–Kier alpha value is -2.03. The molecule has 0 aliphatic carbocycles. The van der Waals surface area contributed by atoms with Crippen LogP contribution in [0, 0.1) is 6.92 Å². The predicted molar refractivity (Wildman–Crippen MR) is 67.2 cm³/mol. The highest BCUT2D eigenvalue weighted by Crippen LogP contribution is 2.09. The molecule has 0 bridgehead atoms. The van der Waals surface area contributed by atoms with E-state index in [0.29, 0.717) is 5.69 Å². The molecule has 0 amide bonds. The number of anilines is 2. The molecule has 1 aromatic carbocycles. The molecule has 2 rings (SSSR count). The highest BCUT2D eigenvalue weighted by Gasteiger charge is 1.95. The van der Waals surface area contributed by atoms with Crippen LogP contribution in [-0.2, 0) is 6.54 Å². The lowest BCUT2D eigenvalue weighted by atomic mass is 10.1. The second kappa shape index (κ2) is 4.66. The summed E-state index contributed by atoms with van der Waals surface area (Å²) in [6, 6.07) is 12.1. The lowest BCUT2D eigenvalue weighted by molar-refractivity contribution is 1.11. The Morgan fingerprint density at radius 3 is 2.81 bits per heavy atom. The summed E-state index contributed by atoms with van der Waals surface area (Å²) in [7, 11) is 0. The van der Waals surface area contributed by atoms with Crippen molar-refractivity contribution < 1.29 is 0 Å². The van der Waals surface area contributed by atoms with E-state index in [2.05, 4.69) is 41.5 Å². The average Bonchev–Trinajstić information content (AvgIpc) is 2.28. The van der Waals surface area contributed by atoms with Gasteiger partial charge in [-0.15, -0.1) is 0 Å². The minimum Gasteiger partial charge on any atom is -0.397 e. The van der Waals surface area contributed by atoms with Crippen LogP contribution < -0.4 is 11.1 Å². The van der Waals surface area contributed by atoms with E-state index in [1.165, 1.54) is 11.1 Å². The quantitative estimate of drug-likeness (QED) is 0.824. The largest absolute Gasteiger partial charge is 0.397 e. The van der Waals surface area contributed by atoms with Gasteiger partial charge < -0.3 is 11.1 Å². The van der Waals surface area contributed by atoms with Crippen LogP contribution in [0.15, 0.2) is 42.6 Å². The summed E-state index contributed by atoms with van der Waals surface area (Å²) in [4.78, 5) is 4.18. The number of hydrogen-bond donors (Lipinski definition) is 2. The highest BCUT2D eigenvalue weighted by atomic mass is 15.0. The number of aryl methyl sites for hydroxylation is 1. The number of nitrogens with one attached hydrogen (secondary N) is 1. The first-order valence-corrected chi connectivity index (χ1v) is 5.25. The molecule has 0 atom stereocenters. The maximum atomic E-state index is 5.56. The van der Waals surface area contributed by atoms with Crippen molar-refractivity contribution in [3.8, 4) is 0 Å². The fraction of sp³-hybridized carbons (Fsp3) is 0.154. The van der Waals surface area contributed by atoms with Crippen LogP contribution >= 0.6 is 0 Å². The topological polar surface area (TPSA) is 50.9 Å². The Kier molecular flexibility index (Phi) is 3.05. The van der Waals surface area contributed by atoms with Crippen LogP contribution in [-0.4, -0.2) is 4.98 Å². The third kappa shape index (κ3) is 2.73. The minimum atomic E-state index is 0.682. The molecule has 1 aromatic heterocycles. The van der Waals surface area contributed by atoms with Gasteiger partial charge >= 0.3 is 0 Å². The van der Waals surface area contributed by atoms with Gasteiger partial charge in [-0.2, -0.15) is 0 Å². The molecule has 2 aromatic rings. The summed E-state index contributed by atoms with van der Waals surface area (Å²) < 4.78 is 0. The first-order valence-electron chi connectivity index (χ1n) is 5.25. The smallest absolute Gasteiger partial charge is 0.126 e. The first-order chi connectivity index (χ1) is 7.74. The molecule has 16 heavy (non-hydrogen) atoms. The molecular formula is C13H15N3. The van der Waals surface area contributed by atoms with Gasteiger partial charge in [-0.3, -0.25) is 0 Å². The fourth-order valence-electron chi connectivity index (χ4n) is 1.52. The summed E-state index contributed by atoms with van der Waals surface area (Å²) in [6.45, 7) is 2.86. The molecule has 0 unspecified atom stereocenters. The molecule has 0 aliphatic heterocycles. The monoisotopic (exact) mass is 213 g/mol. The average molecular weight is 213 g/mol. The van der Waals surface area contributed by atoms with E-state index in [1.54, 1.807) is 6.20 Å². The lowest BCUT2D eigenvalue weighted by Gasteiger charge is -2.06. The van der Waals surface area contributed by atoms with Crippen molar-refractivity contribution in [1.82, 2.24) is 4.98 Å². The van der Waals surface area contributed by atoms with Crippen LogP contribution in [0.2, 0.25) is 0 Å². The van der Waals surface area contributed by atoms with Gasteiger partial charge in [-0.1, -0.05) is 29.8 Å². The number of hydrogen-bond acceptors (Lipinski definition) is 3. The van der Waals surface area contributed by atoms with Crippen molar-refractivity contribution in [3.63, 3.8) is 0 Å². The lowest BCUT2D eigenvalue weighted by Crippen LogP contribution is -2.01. The van der Waals surface area contributed by atoms with E-state index in [4.69, 9.17) is 5.73 Å². The van der Waals surface area contributed by atoms with Gasteiger partial charge in [0.1, 0.15) is 5.82 Å². The van der Waals surface area contributed by atoms with Crippen molar-refractivity contribution in [1.29, 1.82) is 0 Å². The van der Waals surface area contributed by atoms with Gasteiger partial charge in [0.25, 0.3) is 0 Å². The van der Waals surface area contributed by atoms with E-state index in [-0.39, 0.29) is 0 Å². The van der Waals surface area contributed by atoms with E-state index in [0.717, 1.165) is 12.4 Å². The van der Waals surface area contributed by atoms with E-state index >= 15 is 0 Å². The zero-order chi connectivity index (χ0) is 11.4. The zero-order valence-electron chi connectivity index (χ0n) is 9.27. The molecule has 0 spiro atoms. The molecule has 0 aliphatic rings. The second-order valence-corrected chi connectivity index (χ2v) is 3.82. The van der Waals surface area contributed by atoms with Crippen LogP contribution in [0.3, 0.4) is 0 Å². The molecule has 0 fully saturated rings. The number of nitrogens with two attached hydrogens (primary N) is 1. The maximum absolute atomic E-state index is 5.56. The molecule has 0 radical (unpaired) electrons. The van der Waals surface area contributed by atoms with Crippen LogP contribution in [0.4, 0.5) is 11.5 Å². The number of pyridine rings is 1. The van der Waals surface area contributed by atoms with Crippen molar-refractivity contribution in [2.45, 2.75) is 13.5 Å². The van der Waals surface area contributed by atoms with E-state index < -0.39 is 0 Å². The van der Waals surface area contributed by atoms with Crippen molar-refractivity contribution in [2.75, 3.05) is 11.1 Å². The number of rotatable bonds is 3. The predicted octanol–water partition coefficient (Wildman–Crippen LogP) is 2.58. The molecule has 3 nitrogen and oxygen atoms in total. The Bertz CT molecular complexity index is 463. The third-order valence-electron chi connectivity index (χ3n) is 2.34. The Labute approximate surface area is 95.3 Å². The van der Waals surface area contributed by atoms with E-state index in [1.807, 2.05) is 12.1 Å². The summed E-state index contributed by atoms with van der Waals surface area (Å²) in [5.74, 6) is 0.843. The Morgan fingerprint density at radius 1 is 1.25 bits per heavy atom. The number of nitrogen functional groups attached to an aromatic ring is 1. The van der Waals surface area contributed by atoms with Gasteiger partial charge in [0.2, 0.25) is 0 Å². The van der Waals surface area contributed by atoms with Gasteiger partial charge in [0.05, 0.1) is 11.9 Å². The van der Waals surface area contributed by atoms with E-state index in [9.17, 15) is 0 Å². The maximum Gasteiger partial charge on any atom is 0.126 e. The SMILES string of the molecule is Cc1cccc(CNc2ccc(N)cn2)c1. The van der Waals surface area contributed by atoms with Crippen LogP contribution in [0.5, 0.6) is 0 Å². The third-order valence-corrected chi connectivity index (χ3v) is 2.34. The van der Waals surface area contributed by atoms with Gasteiger partial charge in [-0.05, 0) is 24.6 Å². The molecule has 3 N–H and O–H groups in total.